The van der Waals surface area contributed by atoms with Crippen molar-refractivity contribution in [1.29, 1.82) is 0 Å². The maximum Gasteiger partial charge on any atom is 0.0473 e. The zero-order valence-corrected chi connectivity index (χ0v) is 12.6. The van der Waals surface area contributed by atoms with Crippen LogP contribution in [0.15, 0.2) is 24.3 Å². The Balaban J connectivity index is 2.98. The van der Waals surface area contributed by atoms with Crippen LogP contribution in [-0.2, 0) is 0 Å². The first kappa shape index (κ1) is 15.5. The van der Waals surface area contributed by atoms with Crippen molar-refractivity contribution in [3.63, 3.8) is 0 Å². The van der Waals surface area contributed by atoms with E-state index in [0.29, 0.717) is 18.5 Å². The molecule has 1 atom stereocenters. The van der Waals surface area contributed by atoms with E-state index in [2.05, 4.69) is 38.7 Å². The van der Waals surface area contributed by atoms with Crippen LogP contribution < -0.4 is 5.73 Å². The molecule has 0 saturated heterocycles. The molecule has 0 aliphatic heterocycles. The third kappa shape index (κ3) is 4.27. The Labute approximate surface area is 116 Å². The van der Waals surface area contributed by atoms with Crippen LogP contribution in [-0.4, -0.2) is 24.0 Å². The lowest BCUT2D eigenvalue weighted by Crippen LogP contribution is -2.40. The Morgan fingerprint density at radius 2 is 1.89 bits per heavy atom. The van der Waals surface area contributed by atoms with Gasteiger partial charge in [-0.3, -0.25) is 4.90 Å². The lowest BCUT2D eigenvalue weighted by molar-refractivity contribution is 0.138. The van der Waals surface area contributed by atoms with Gasteiger partial charge < -0.3 is 5.73 Å². The average molecular weight is 269 g/mol. The summed E-state index contributed by atoms with van der Waals surface area (Å²) in [6.45, 7) is 10.6. The van der Waals surface area contributed by atoms with Gasteiger partial charge in [0.25, 0.3) is 0 Å². The number of benzene rings is 1. The standard InChI is InChI=1S/C15H25ClN2/c1-11(2)10-18(12(3)4)15(9-17)13-6-5-7-14(16)8-13/h5-8,11-12,15H,9-10,17H2,1-4H3. The van der Waals surface area contributed by atoms with Gasteiger partial charge in [0.1, 0.15) is 0 Å². The van der Waals surface area contributed by atoms with Crippen LogP contribution in [0.2, 0.25) is 5.02 Å². The van der Waals surface area contributed by atoms with Gasteiger partial charge in [-0.1, -0.05) is 37.6 Å². The van der Waals surface area contributed by atoms with Gasteiger partial charge in [-0.05, 0) is 37.5 Å². The Kier molecular flexibility index (Phi) is 6.13. The summed E-state index contributed by atoms with van der Waals surface area (Å²) in [6, 6.07) is 8.74. The topological polar surface area (TPSA) is 29.3 Å². The SMILES string of the molecule is CC(C)CN(C(C)C)C(CN)c1cccc(Cl)c1. The van der Waals surface area contributed by atoms with Crippen LogP contribution >= 0.6 is 11.6 Å². The van der Waals surface area contributed by atoms with Gasteiger partial charge in [-0.15, -0.1) is 0 Å². The van der Waals surface area contributed by atoms with Crippen molar-refractivity contribution in [2.24, 2.45) is 11.7 Å². The van der Waals surface area contributed by atoms with Crippen LogP contribution in [0, 0.1) is 5.92 Å². The maximum atomic E-state index is 6.08. The quantitative estimate of drug-likeness (QED) is 0.852. The second-order valence-corrected chi connectivity index (χ2v) is 5.93. The van der Waals surface area contributed by atoms with E-state index in [1.54, 1.807) is 0 Å². The summed E-state index contributed by atoms with van der Waals surface area (Å²) < 4.78 is 0. The van der Waals surface area contributed by atoms with Crippen molar-refractivity contribution >= 4 is 11.6 Å². The number of rotatable bonds is 6. The highest BCUT2D eigenvalue weighted by Crippen LogP contribution is 2.25. The molecule has 0 heterocycles. The Hall–Kier alpha value is -0.570. The molecule has 0 bridgehead atoms. The van der Waals surface area contributed by atoms with E-state index < -0.39 is 0 Å². The minimum atomic E-state index is 0.242. The van der Waals surface area contributed by atoms with Crippen LogP contribution in [0.25, 0.3) is 0 Å². The summed E-state index contributed by atoms with van der Waals surface area (Å²) in [7, 11) is 0. The van der Waals surface area contributed by atoms with Gasteiger partial charge >= 0.3 is 0 Å². The van der Waals surface area contributed by atoms with Gasteiger partial charge in [-0.2, -0.15) is 0 Å². The van der Waals surface area contributed by atoms with Crippen molar-refractivity contribution < 1.29 is 0 Å². The van der Waals surface area contributed by atoms with Gasteiger partial charge in [0.15, 0.2) is 0 Å². The van der Waals surface area contributed by atoms with Crippen molar-refractivity contribution in [3.8, 4) is 0 Å². The monoisotopic (exact) mass is 268 g/mol. The Bertz CT molecular complexity index is 363. The number of halogens is 1. The molecule has 0 radical (unpaired) electrons. The van der Waals surface area contributed by atoms with E-state index in [-0.39, 0.29) is 6.04 Å². The average Bonchev–Trinajstić information content (AvgIpc) is 2.28. The fraction of sp³-hybridized carbons (Fsp3) is 0.600. The van der Waals surface area contributed by atoms with Crippen LogP contribution in [0.4, 0.5) is 0 Å². The molecule has 0 amide bonds. The molecule has 2 nitrogen and oxygen atoms in total. The van der Waals surface area contributed by atoms with Gasteiger partial charge in [-0.25, -0.2) is 0 Å². The first-order valence-corrected chi connectivity index (χ1v) is 7.04. The van der Waals surface area contributed by atoms with E-state index in [0.717, 1.165) is 11.6 Å². The summed E-state index contributed by atoms with van der Waals surface area (Å²) in [5, 5.41) is 0.777. The summed E-state index contributed by atoms with van der Waals surface area (Å²) >= 11 is 6.08. The maximum absolute atomic E-state index is 6.08. The minimum Gasteiger partial charge on any atom is -0.329 e. The zero-order chi connectivity index (χ0) is 13.7. The molecular formula is C15H25ClN2. The van der Waals surface area contributed by atoms with Crippen molar-refractivity contribution in [2.75, 3.05) is 13.1 Å². The third-order valence-electron chi connectivity index (χ3n) is 3.10. The molecule has 2 N–H and O–H groups in total. The molecular weight excluding hydrogens is 244 g/mol. The van der Waals surface area contributed by atoms with Crippen molar-refractivity contribution in [3.05, 3.63) is 34.9 Å². The molecule has 0 aliphatic rings. The van der Waals surface area contributed by atoms with E-state index in [4.69, 9.17) is 17.3 Å². The molecule has 1 rings (SSSR count). The smallest absolute Gasteiger partial charge is 0.0473 e. The molecule has 0 spiro atoms. The van der Waals surface area contributed by atoms with E-state index in [1.165, 1.54) is 5.56 Å². The largest absolute Gasteiger partial charge is 0.329 e. The first-order chi connectivity index (χ1) is 8.45. The highest BCUT2D eigenvalue weighted by Gasteiger charge is 2.22. The minimum absolute atomic E-state index is 0.242. The Morgan fingerprint density at radius 3 is 2.33 bits per heavy atom. The molecule has 18 heavy (non-hydrogen) atoms. The number of hydrogen-bond donors (Lipinski definition) is 1. The van der Waals surface area contributed by atoms with Gasteiger partial charge in [0, 0.05) is 30.2 Å². The molecule has 0 fully saturated rings. The molecule has 1 aromatic carbocycles. The zero-order valence-electron chi connectivity index (χ0n) is 11.9. The normalized spacial score (nSPS) is 13.6. The molecule has 1 aromatic rings. The highest BCUT2D eigenvalue weighted by molar-refractivity contribution is 6.30. The number of nitrogens with two attached hydrogens (primary N) is 1. The molecule has 1 unspecified atom stereocenters. The molecule has 0 aromatic heterocycles. The number of hydrogen-bond acceptors (Lipinski definition) is 2. The summed E-state index contributed by atoms with van der Waals surface area (Å²) in [6.07, 6.45) is 0. The van der Waals surface area contributed by atoms with Crippen LogP contribution in [0.1, 0.15) is 39.3 Å². The van der Waals surface area contributed by atoms with Gasteiger partial charge in [0.2, 0.25) is 0 Å². The van der Waals surface area contributed by atoms with Crippen molar-refractivity contribution in [1.82, 2.24) is 4.90 Å². The van der Waals surface area contributed by atoms with Crippen molar-refractivity contribution in [2.45, 2.75) is 39.8 Å². The second-order valence-electron chi connectivity index (χ2n) is 5.49. The fourth-order valence-corrected chi connectivity index (χ4v) is 2.50. The summed E-state index contributed by atoms with van der Waals surface area (Å²) in [5.41, 5.74) is 7.19. The van der Waals surface area contributed by atoms with Crippen LogP contribution in [0.5, 0.6) is 0 Å². The molecule has 102 valence electrons. The molecule has 0 saturated carbocycles. The molecule has 0 aliphatic carbocycles. The lowest BCUT2D eigenvalue weighted by Gasteiger charge is -2.36. The molecule has 3 heteroatoms. The van der Waals surface area contributed by atoms with Crippen LogP contribution in [0.3, 0.4) is 0 Å². The fourth-order valence-electron chi connectivity index (χ4n) is 2.30. The second kappa shape index (κ2) is 7.13. The van der Waals surface area contributed by atoms with E-state index >= 15 is 0 Å². The summed E-state index contributed by atoms with van der Waals surface area (Å²) in [4.78, 5) is 2.45. The predicted octanol–water partition coefficient (Wildman–Crippen LogP) is 3.71. The number of nitrogens with zero attached hydrogens (tertiary/aromatic N) is 1. The Morgan fingerprint density at radius 1 is 1.22 bits per heavy atom. The first-order valence-electron chi connectivity index (χ1n) is 6.67. The predicted molar refractivity (Wildman–Crippen MR) is 79.9 cm³/mol. The van der Waals surface area contributed by atoms with E-state index in [9.17, 15) is 0 Å². The summed E-state index contributed by atoms with van der Waals surface area (Å²) in [5.74, 6) is 0.626. The van der Waals surface area contributed by atoms with E-state index in [1.807, 2.05) is 18.2 Å². The lowest BCUT2D eigenvalue weighted by atomic mass is 10.0. The van der Waals surface area contributed by atoms with Gasteiger partial charge in [0.05, 0.1) is 0 Å². The highest BCUT2D eigenvalue weighted by atomic mass is 35.5. The third-order valence-corrected chi connectivity index (χ3v) is 3.33.